The number of pyridine rings is 1. The summed E-state index contributed by atoms with van der Waals surface area (Å²) < 4.78 is 37.6. The van der Waals surface area contributed by atoms with Crippen LogP contribution in [0.4, 0.5) is 24.7 Å². The van der Waals surface area contributed by atoms with E-state index in [4.69, 9.17) is 0 Å². The van der Waals surface area contributed by atoms with Gasteiger partial charge in [-0.05, 0) is 49.2 Å². The number of benzene rings is 1. The number of halogens is 3. The molecule has 0 atom stereocenters. The Morgan fingerprint density at radius 1 is 1.04 bits per heavy atom. The van der Waals surface area contributed by atoms with Crippen LogP contribution >= 0.6 is 0 Å². The first kappa shape index (κ1) is 16.3. The molecule has 0 spiro atoms. The molecule has 1 aliphatic heterocycles. The van der Waals surface area contributed by atoms with E-state index in [1.807, 2.05) is 6.07 Å². The lowest BCUT2D eigenvalue weighted by Crippen LogP contribution is -2.21. The predicted octanol–water partition coefficient (Wildman–Crippen LogP) is 3.95. The van der Waals surface area contributed by atoms with Crippen molar-refractivity contribution in [1.29, 1.82) is 0 Å². The van der Waals surface area contributed by atoms with E-state index in [1.54, 1.807) is 12.1 Å². The summed E-state index contributed by atoms with van der Waals surface area (Å²) in [4.78, 5) is 18.7. The third kappa shape index (κ3) is 3.67. The van der Waals surface area contributed by atoms with Gasteiger partial charge in [-0.2, -0.15) is 13.2 Å². The average Bonchev–Trinajstić information content (AvgIpc) is 3.09. The van der Waals surface area contributed by atoms with Gasteiger partial charge in [0.1, 0.15) is 11.5 Å². The van der Waals surface area contributed by atoms with Gasteiger partial charge in [0.15, 0.2) is 0 Å². The molecule has 1 aromatic carbocycles. The normalized spacial score (nSPS) is 14.7. The Morgan fingerprint density at radius 2 is 1.71 bits per heavy atom. The lowest BCUT2D eigenvalue weighted by molar-refractivity contribution is -0.137. The van der Waals surface area contributed by atoms with Crippen LogP contribution in [0, 0.1) is 0 Å². The van der Waals surface area contributed by atoms with Crippen molar-refractivity contribution in [3.05, 3.63) is 53.7 Å². The van der Waals surface area contributed by atoms with Crippen molar-refractivity contribution in [2.24, 2.45) is 0 Å². The fourth-order valence-electron chi connectivity index (χ4n) is 2.61. The molecule has 1 saturated heterocycles. The van der Waals surface area contributed by atoms with Crippen LogP contribution in [0.5, 0.6) is 0 Å². The molecule has 4 nitrogen and oxygen atoms in total. The number of carbonyl (C=O) groups is 1. The van der Waals surface area contributed by atoms with Crippen molar-refractivity contribution in [2.45, 2.75) is 19.0 Å². The Hall–Kier alpha value is -2.57. The molecule has 1 aliphatic rings. The molecule has 1 N–H and O–H groups in total. The van der Waals surface area contributed by atoms with Crippen molar-refractivity contribution in [2.75, 3.05) is 23.3 Å². The van der Waals surface area contributed by atoms with E-state index in [0.717, 1.165) is 43.9 Å². The van der Waals surface area contributed by atoms with E-state index in [2.05, 4.69) is 15.2 Å². The third-order valence-corrected chi connectivity index (χ3v) is 3.87. The fourth-order valence-corrected chi connectivity index (χ4v) is 2.61. The summed E-state index contributed by atoms with van der Waals surface area (Å²) in [6.45, 7) is 1.83. The second-order valence-corrected chi connectivity index (χ2v) is 5.60. The van der Waals surface area contributed by atoms with Gasteiger partial charge >= 0.3 is 6.18 Å². The van der Waals surface area contributed by atoms with Crippen LogP contribution in [-0.2, 0) is 6.18 Å². The second kappa shape index (κ2) is 6.51. The molecular weight excluding hydrogens is 319 g/mol. The number of rotatable bonds is 3. The van der Waals surface area contributed by atoms with Crippen LogP contribution in [0.15, 0.2) is 42.5 Å². The Morgan fingerprint density at radius 3 is 2.33 bits per heavy atom. The zero-order valence-corrected chi connectivity index (χ0v) is 12.8. The lowest BCUT2D eigenvalue weighted by Gasteiger charge is -2.16. The number of aromatic nitrogens is 1. The minimum absolute atomic E-state index is 0.235. The molecule has 0 bridgehead atoms. The topological polar surface area (TPSA) is 45.2 Å². The highest BCUT2D eigenvalue weighted by Crippen LogP contribution is 2.29. The summed E-state index contributed by atoms with van der Waals surface area (Å²) in [5.74, 6) is 0.295. The van der Waals surface area contributed by atoms with Gasteiger partial charge in [0.2, 0.25) is 0 Å². The summed E-state index contributed by atoms with van der Waals surface area (Å²) in [5.41, 5.74) is -0.227. The van der Waals surface area contributed by atoms with E-state index in [0.29, 0.717) is 5.69 Å². The Bertz CT molecular complexity index is 723. The molecule has 1 amide bonds. The van der Waals surface area contributed by atoms with E-state index < -0.39 is 17.6 Å². The number of alkyl halides is 3. The van der Waals surface area contributed by atoms with E-state index >= 15 is 0 Å². The molecule has 24 heavy (non-hydrogen) atoms. The minimum atomic E-state index is -4.39. The Balaban J connectivity index is 1.71. The van der Waals surface area contributed by atoms with Gasteiger partial charge in [-0.3, -0.25) is 4.79 Å². The average molecular weight is 335 g/mol. The summed E-state index contributed by atoms with van der Waals surface area (Å²) in [6.07, 6.45) is -2.19. The quantitative estimate of drug-likeness (QED) is 0.924. The molecule has 3 rings (SSSR count). The van der Waals surface area contributed by atoms with E-state index in [-0.39, 0.29) is 5.69 Å². The Labute approximate surface area is 137 Å². The fraction of sp³-hybridized carbons (Fsp3) is 0.294. The first-order chi connectivity index (χ1) is 11.4. The molecule has 2 heterocycles. The van der Waals surface area contributed by atoms with Crippen LogP contribution in [0.2, 0.25) is 0 Å². The highest BCUT2D eigenvalue weighted by molar-refractivity contribution is 6.03. The zero-order chi connectivity index (χ0) is 17.2. The molecule has 0 aliphatic carbocycles. The highest BCUT2D eigenvalue weighted by Gasteiger charge is 2.30. The van der Waals surface area contributed by atoms with Crippen molar-refractivity contribution in [3.63, 3.8) is 0 Å². The maximum atomic E-state index is 12.5. The molecule has 0 radical (unpaired) electrons. The summed E-state index contributed by atoms with van der Waals surface area (Å²) in [7, 11) is 0. The molecule has 7 heteroatoms. The number of carbonyl (C=O) groups excluding carboxylic acids is 1. The van der Waals surface area contributed by atoms with Gasteiger partial charge in [0.25, 0.3) is 5.91 Å². The molecule has 0 saturated carbocycles. The van der Waals surface area contributed by atoms with E-state index in [1.165, 1.54) is 12.1 Å². The molecule has 1 aromatic heterocycles. The first-order valence-corrected chi connectivity index (χ1v) is 7.64. The molecule has 126 valence electrons. The highest BCUT2D eigenvalue weighted by atomic mass is 19.4. The minimum Gasteiger partial charge on any atom is -0.357 e. The largest absolute Gasteiger partial charge is 0.416 e. The molecular formula is C17H16F3N3O. The van der Waals surface area contributed by atoms with Crippen LogP contribution < -0.4 is 10.2 Å². The lowest BCUT2D eigenvalue weighted by atomic mass is 10.2. The van der Waals surface area contributed by atoms with Gasteiger partial charge in [-0.25, -0.2) is 4.98 Å². The molecule has 2 aromatic rings. The zero-order valence-electron chi connectivity index (χ0n) is 12.8. The van der Waals surface area contributed by atoms with Crippen molar-refractivity contribution in [3.8, 4) is 0 Å². The SMILES string of the molecule is O=C(Nc1ccc(C(F)(F)F)cc1)c1cccc(N2CCCC2)n1. The standard InChI is InChI=1S/C17H16F3N3O/c18-17(19,20)12-6-8-13(9-7-12)21-16(24)14-4-3-5-15(22-14)23-10-1-2-11-23/h3-9H,1-2,10-11H2,(H,21,24). The number of anilines is 2. The molecule has 1 fully saturated rings. The van der Waals surface area contributed by atoms with Gasteiger partial charge in [0.05, 0.1) is 5.56 Å². The number of hydrogen-bond donors (Lipinski definition) is 1. The second-order valence-electron chi connectivity index (χ2n) is 5.60. The number of nitrogens with zero attached hydrogens (tertiary/aromatic N) is 2. The summed E-state index contributed by atoms with van der Waals surface area (Å²) >= 11 is 0. The summed E-state index contributed by atoms with van der Waals surface area (Å²) in [6, 6.07) is 9.50. The molecule has 0 unspecified atom stereocenters. The summed E-state index contributed by atoms with van der Waals surface area (Å²) in [5, 5.41) is 2.57. The van der Waals surface area contributed by atoms with Crippen molar-refractivity contribution >= 4 is 17.4 Å². The van der Waals surface area contributed by atoms with Gasteiger partial charge < -0.3 is 10.2 Å². The smallest absolute Gasteiger partial charge is 0.357 e. The van der Waals surface area contributed by atoms with Crippen LogP contribution in [0.1, 0.15) is 28.9 Å². The third-order valence-electron chi connectivity index (χ3n) is 3.87. The van der Waals surface area contributed by atoms with E-state index in [9.17, 15) is 18.0 Å². The van der Waals surface area contributed by atoms with Crippen LogP contribution in [0.25, 0.3) is 0 Å². The van der Waals surface area contributed by atoms with Crippen LogP contribution in [-0.4, -0.2) is 24.0 Å². The number of amides is 1. The van der Waals surface area contributed by atoms with Crippen molar-refractivity contribution in [1.82, 2.24) is 4.98 Å². The predicted molar refractivity (Wildman–Crippen MR) is 85.1 cm³/mol. The van der Waals surface area contributed by atoms with Crippen LogP contribution in [0.3, 0.4) is 0 Å². The number of nitrogens with one attached hydrogen (secondary N) is 1. The van der Waals surface area contributed by atoms with Crippen molar-refractivity contribution < 1.29 is 18.0 Å². The van der Waals surface area contributed by atoms with Gasteiger partial charge in [-0.15, -0.1) is 0 Å². The maximum absolute atomic E-state index is 12.5. The first-order valence-electron chi connectivity index (χ1n) is 7.64. The maximum Gasteiger partial charge on any atom is 0.416 e. The monoisotopic (exact) mass is 335 g/mol. The van der Waals surface area contributed by atoms with Gasteiger partial charge in [-0.1, -0.05) is 6.07 Å². The number of hydrogen-bond acceptors (Lipinski definition) is 3. The Kier molecular flexibility index (Phi) is 4.42. The van der Waals surface area contributed by atoms with Gasteiger partial charge in [0, 0.05) is 18.8 Å².